The maximum absolute atomic E-state index is 3.69. The summed E-state index contributed by atoms with van der Waals surface area (Å²) in [5, 5.41) is 0. The van der Waals surface area contributed by atoms with Crippen molar-refractivity contribution in [3.63, 3.8) is 0 Å². The molecule has 24 heavy (non-hydrogen) atoms. The first-order valence-corrected chi connectivity index (χ1v) is 9.20. The minimum atomic E-state index is 0.310. The fourth-order valence-electron chi connectivity index (χ4n) is 3.06. The number of benzene rings is 3. The van der Waals surface area contributed by atoms with Crippen LogP contribution in [0, 0.1) is 6.54 Å². The molecule has 1 atom stereocenters. The molecule has 3 aromatic rings. The molecule has 1 nitrogen and oxygen atoms in total. The van der Waals surface area contributed by atoms with Crippen LogP contribution in [0.25, 0.3) is 0 Å². The predicted molar refractivity (Wildman–Crippen MR) is 103 cm³/mol. The van der Waals surface area contributed by atoms with Crippen LogP contribution in [0.1, 0.15) is 22.6 Å². The molecule has 0 bridgehead atoms. The molecule has 1 aliphatic heterocycles. The normalized spacial score (nSPS) is 16.7. The smallest absolute Gasteiger partial charge is 0.113 e. The van der Waals surface area contributed by atoms with Gasteiger partial charge in [0, 0.05) is 11.7 Å². The van der Waals surface area contributed by atoms with Crippen LogP contribution in [-0.4, -0.2) is 0 Å². The molecule has 1 heterocycles. The molecule has 0 saturated carbocycles. The molecule has 3 aromatic carbocycles. The molecule has 0 amide bonds. The maximum Gasteiger partial charge on any atom is 0.113 e. The second-order valence-corrected chi connectivity index (χ2v) is 6.89. The van der Waals surface area contributed by atoms with Gasteiger partial charge in [-0.15, -0.1) is 0 Å². The van der Waals surface area contributed by atoms with Gasteiger partial charge >= 0.3 is 0 Å². The van der Waals surface area contributed by atoms with E-state index in [1.54, 1.807) is 0 Å². The third-order valence-electron chi connectivity index (χ3n) is 4.31. The van der Waals surface area contributed by atoms with Crippen molar-refractivity contribution in [3.8, 4) is 0 Å². The van der Waals surface area contributed by atoms with Gasteiger partial charge in [0.05, 0.1) is 5.69 Å². The van der Waals surface area contributed by atoms with Gasteiger partial charge in [0.25, 0.3) is 0 Å². The molecular formula is C22H19NS. The van der Waals surface area contributed by atoms with Crippen LogP contribution in [0.2, 0.25) is 0 Å². The Kier molecular flexibility index (Phi) is 4.57. The van der Waals surface area contributed by atoms with Gasteiger partial charge in [0.1, 0.15) is 6.54 Å². The van der Waals surface area contributed by atoms with Gasteiger partial charge in [-0.2, -0.15) is 0 Å². The van der Waals surface area contributed by atoms with Gasteiger partial charge in [-0.05, 0) is 41.1 Å². The molecule has 2 heteroatoms. The molecule has 1 unspecified atom stereocenters. The topological polar surface area (TPSA) is 3.24 Å². The third-order valence-corrected chi connectivity index (χ3v) is 5.34. The first-order chi connectivity index (χ1) is 11.9. The van der Waals surface area contributed by atoms with E-state index in [0.717, 1.165) is 12.2 Å². The van der Waals surface area contributed by atoms with E-state index in [4.69, 9.17) is 0 Å². The van der Waals surface area contributed by atoms with Crippen molar-refractivity contribution < 1.29 is 0 Å². The lowest BCUT2D eigenvalue weighted by molar-refractivity contribution is 0.744. The summed E-state index contributed by atoms with van der Waals surface area (Å²) in [5.74, 6) is 1.26. The lowest BCUT2D eigenvalue weighted by Crippen LogP contribution is -2.24. The van der Waals surface area contributed by atoms with Crippen LogP contribution in [0.3, 0.4) is 0 Å². The lowest BCUT2D eigenvalue weighted by atomic mass is 9.88. The van der Waals surface area contributed by atoms with Crippen LogP contribution in [0.5, 0.6) is 0 Å². The van der Waals surface area contributed by atoms with Crippen molar-refractivity contribution in [3.05, 3.63) is 108 Å². The van der Waals surface area contributed by atoms with Crippen molar-refractivity contribution >= 4 is 17.6 Å². The molecule has 2 radical (unpaired) electrons. The quantitative estimate of drug-likeness (QED) is 0.563. The van der Waals surface area contributed by atoms with Gasteiger partial charge in [0.2, 0.25) is 0 Å². The zero-order valence-electron chi connectivity index (χ0n) is 13.4. The summed E-state index contributed by atoms with van der Waals surface area (Å²) in [5.41, 5.74) is 5.33. The van der Waals surface area contributed by atoms with Crippen LogP contribution < -0.4 is 4.31 Å². The third kappa shape index (κ3) is 3.34. The Balaban J connectivity index is 1.57. The van der Waals surface area contributed by atoms with E-state index in [-0.39, 0.29) is 0 Å². The Bertz CT molecular complexity index is 785. The minimum Gasteiger partial charge on any atom is -0.304 e. The zero-order valence-corrected chi connectivity index (χ0v) is 14.2. The molecule has 0 saturated heterocycles. The fraction of sp³-hybridized carbons (Fsp3) is 0.136. The van der Waals surface area contributed by atoms with E-state index in [1.165, 1.54) is 22.4 Å². The van der Waals surface area contributed by atoms with Gasteiger partial charge in [-0.3, -0.25) is 0 Å². The first kappa shape index (κ1) is 15.3. The highest BCUT2D eigenvalue weighted by molar-refractivity contribution is 8.00. The largest absolute Gasteiger partial charge is 0.304 e. The number of rotatable bonds is 4. The molecule has 0 fully saturated rings. The van der Waals surface area contributed by atoms with Gasteiger partial charge < -0.3 is 4.31 Å². The molecular weight excluding hydrogens is 310 g/mol. The highest BCUT2D eigenvalue weighted by atomic mass is 32.2. The maximum atomic E-state index is 3.69. The van der Waals surface area contributed by atoms with Crippen molar-refractivity contribution in [2.75, 3.05) is 4.31 Å². The van der Waals surface area contributed by atoms with Crippen molar-refractivity contribution in [1.29, 1.82) is 0 Å². The van der Waals surface area contributed by atoms with Crippen molar-refractivity contribution in [2.24, 2.45) is 0 Å². The Morgan fingerprint density at radius 1 is 0.833 bits per heavy atom. The molecule has 0 aliphatic carbocycles. The Labute approximate surface area is 148 Å². The molecule has 4 rings (SSSR count). The standard InChI is InChI=1S/C22H19NS/c1-3-9-18(10-4-1)17-24-23-16-21(19-11-5-2-6-12-19)15-20-13-7-8-14-22(20)23/h1-14,21H,15,17H2. The van der Waals surface area contributed by atoms with Crippen molar-refractivity contribution in [1.82, 2.24) is 0 Å². The number of anilines is 1. The summed E-state index contributed by atoms with van der Waals surface area (Å²) < 4.78 is 2.24. The molecule has 0 N–H and O–H groups in total. The number of hydrogen-bond acceptors (Lipinski definition) is 2. The summed E-state index contributed by atoms with van der Waals surface area (Å²) in [4.78, 5) is 0. The summed E-state index contributed by atoms with van der Waals surface area (Å²) in [6.45, 7) is 3.69. The SMILES string of the molecule is [C]1C(c2ccccc2)Cc2ccccc2N1SCc1ccccc1. The van der Waals surface area contributed by atoms with E-state index in [1.807, 2.05) is 11.9 Å². The minimum absolute atomic E-state index is 0.310. The average Bonchev–Trinajstić information content (AvgIpc) is 2.67. The average molecular weight is 329 g/mol. The van der Waals surface area contributed by atoms with Crippen LogP contribution >= 0.6 is 11.9 Å². The van der Waals surface area contributed by atoms with E-state index in [0.29, 0.717) is 5.92 Å². The second kappa shape index (κ2) is 7.14. The zero-order chi connectivity index (χ0) is 16.2. The summed E-state index contributed by atoms with van der Waals surface area (Å²) in [6.07, 6.45) is 1.02. The summed E-state index contributed by atoms with van der Waals surface area (Å²) in [6, 6.07) is 30.0. The van der Waals surface area contributed by atoms with E-state index < -0.39 is 0 Å². The highest BCUT2D eigenvalue weighted by Gasteiger charge is 2.27. The highest BCUT2D eigenvalue weighted by Crippen LogP contribution is 2.41. The van der Waals surface area contributed by atoms with E-state index in [9.17, 15) is 0 Å². The second-order valence-electron chi connectivity index (χ2n) is 5.98. The van der Waals surface area contributed by atoms with Crippen LogP contribution in [0.4, 0.5) is 5.69 Å². The number of fused-ring (bicyclic) bond motifs is 1. The number of para-hydroxylation sites is 1. The first-order valence-electron chi connectivity index (χ1n) is 8.26. The Morgan fingerprint density at radius 3 is 2.29 bits per heavy atom. The number of hydrogen-bond donors (Lipinski definition) is 0. The van der Waals surface area contributed by atoms with E-state index >= 15 is 0 Å². The lowest BCUT2D eigenvalue weighted by Gasteiger charge is -2.34. The molecule has 1 aliphatic rings. The van der Waals surface area contributed by atoms with Crippen LogP contribution in [-0.2, 0) is 12.2 Å². The van der Waals surface area contributed by atoms with Gasteiger partial charge in [-0.1, -0.05) is 78.9 Å². The summed E-state index contributed by atoms with van der Waals surface area (Å²) in [7, 11) is 0. The summed E-state index contributed by atoms with van der Waals surface area (Å²) >= 11 is 1.81. The monoisotopic (exact) mass is 329 g/mol. The molecule has 118 valence electrons. The Morgan fingerprint density at radius 2 is 1.50 bits per heavy atom. The van der Waals surface area contributed by atoms with Gasteiger partial charge in [-0.25, -0.2) is 0 Å². The number of nitrogens with zero attached hydrogens (tertiary/aromatic N) is 1. The van der Waals surface area contributed by atoms with E-state index in [2.05, 4.69) is 95.8 Å². The fourth-order valence-corrected chi connectivity index (χ4v) is 4.05. The molecule has 0 spiro atoms. The molecule has 0 aromatic heterocycles. The van der Waals surface area contributed by atoms with Crippen LogP contribution in [0.15, 0.2) is 84.9 Å². The Hall–Kier alpha value is -2.19. The van der Waals surface area contributed by atoms with Gasteiger partial charge in [0.15, 0.2) is 0 Å². The van der Waals surface area contributed by atoms with Crippen molar-refractivity contribution in [2.45, 2.75) is 18.1 Å². The predicted octanol–water partition coefficient (Wildman–Crippen LogP) is 5.72.